The van der Waals surface area contributed by atoms with E-state index in [9.17, 15) is 4.79 Å². The second-order valence-corrected chi connectivity index (χ2v) is 5.76. The van der Waals surface area contributed by atoms with Crippen LogP contribution in [0.15, 0.2) is 12.1 Å². The van der Waals surface area contributed by atoms with Crippen LogP contribution in [-0.4, -0.2) is 28.6 Å². The van der Waals surface area contributed by atoms with Crippen LogP contribution >= 0.6 is 11.6 Å². The average Bonchev–Trinajstić information content (AvgIpc) is 2.26. The molecule has 1 rings (SSSR count). The fraction of sp³-hybridized carbons (Fsp3) is 0.538. The molecule has 0 aliphatic rings. The van der Waals surface area contributed by atoms with Gasteiger partial charge in [-0.2, -0.15) is 0 Å². The minimum atomic E-state index is -0.289. The van der Waals surface area contributed by atoms with Crippen LogP contribution in [0, 0.1) is 0 Å². The van der Waals surface area contributed by atoms with Crippen molar-refractivity contribution < 1.29 is 9.90 Å². The summed E-state index contributed by atoms with van der Waals surface area (Å²) in [4.78, 5) is 16.2. The summed E-state index contributed by atoms with van der Waals surface area (Å²) in [5, 5.41) is 11.9. The normalized spacial score (nSPS) is 13.2. The first-order valence-electron chi connectivity index (χ1n) is 5.84. The lowest BCUT2D eigenvalue weighted by Crippen LogP contribution is -2.35. The van der Waals surface area contributed by atoms with Crippen LogP contribution in [0.5, 0.6) is 0 Å². The van der Waals surface area contributed by atoms with Gasteiger partial charge in [0.1, 0.15) is 5.15 Å². The maximum Gasteiger partial charge on any atom is 0.251 e. The molecule has 1 atom stereocenters. The zero-order valence-electron chi connectivity index (χ0n) is 11.1. The van der Waals surface area contributed by atoms with Crippen LogP contribution in [0.2, 0.25) is 5.15 Å². The standard InChI is InChI=1S/C13H19ClN2O2/c1-8(7-17)15-12(18)9-5-10(13(2,3)4)16-11(14)6-9/h5-6,8,17H,7H2,1-4H3,(H,15,18)/t8-/m1/s1. The van der Waals surface area contributed by atoms with E-state index in [1.165, 1.54) is 6.07 Å². The number of hydrogen-bond acceptors (Lipinski definition) is 3. The third-order valence-electron chi connectivity index (χ3n) is 2.48. The molecule has 0 aliphatic carbocycles. The predicted octanol–water partition coefficient (Wildman–Crippen LogP) is 2.14. The van der Waals surface area contributed by atoms with Crippen molar-refractivity contribution in [3.63, 3.8) is 0 Å². The van der Waals surface area contributed by atoms with Crippen LogP contribution in [0.25, 0.3) is 0 Å². The number of halogens is 1. The fourth-order valence-electron chi connectivity index (χ4n) is 1.36. The quantitative estimate of drug-likeness (QED) is 0.828. The molecule has 5 heteroatoms. The minimum absolute atomic E-state index is 0.101. The molecule has 0 unspecified atom stereocenters. The summed E-state index contributed by atoms with van der Waals surface area (Å²) in [5.41, 5.74) is 1.04. The number of hydrogen-bond donors (Lipinski definition) is 2. The molecular formula is C13H19ClN2O2. The predicted molar refractivity (Wildman–Crippen MR) is 72.0 cm³/mol. The second kappa shape index (κ2) is 5.67. The van der Waals surface area contributed by atoms with Gasteiger partial charge in [-0.1, -0.05) is 32.4 Å². The summed E-state index contributed by atoms with van der Waals surface area (Å²) in [6, 6.07) is 2.96. The van der Waals surface area contributed by atoms with Crippen LogP contribution in [0.4, 0.5) is 0 Å². The van der Waals surface area contributed by atoms with Gasteiger partial charge >= 0.3 is 0 Å². The molecule has 0 fully saturated rings. The smallest absolute Gasteiger partial charge is 0.251 e. The van der Waals surface area contributed by atoms with E-state index >= 15 is 0 Å². The zero-order chi connectivity index (χ0) is 13.9. The maximum atomic E-state index is 11.9. The highest BCUT2D eigenvalue weighted by Gasteiger charge is 2.19. The van der Waals surface area contributed by atoms with Crippen molar-refractivity contribution in [3.05, 3.63) is 28.5 Å². The monoisotopic (exact) mass is 270 g/mol. The van der Waals surface area contributed by atoms with E-state index in [2.05, 4.69) is 10.3 Å². The highest BCUT2D eigenvalue weighted by atomic mass is 35.5. The van der Waals surface area contributed by atoms with E-state index in [0.29, 0.717) is 10.7 Å². The van der Waals surface area contributed by atoms with E-state index in [4.69, 9.17) is 16.7 Å². The maximum absolute atomic E-state index is 11.9. The Hall–Kier alpha value is -1.13. The second-order valence-electron chi connectivity index (χ2n) is 5.37. The number of aliphatic hydroxyl groups is 1. The van der Waals surface area contributed by atoms with E-state index in [1.54, 1.807) is 13.0 Å². The molecule has 0 bridgehead atoms. The molecule has 0 saturated carbocycles. The first-order chi connectivity index (χ1) is 8.24. The number of amides is 1. The molecule has 18 heavy (non-hydrogen) atoms. The number of nitrogens with zero attached hydrogens (tertiary/aromatic N) is 1. The first-order valence-corrected chi connectivity index (χ1v) is 6.21. The number of carbonyl (C=O) groups excluding carboxylic acids is 1. The molecule has 4 nitrogen and oxygen atoms in total. The molecule has 0 radical (unpaired) electrons. The van der Waals surface area contributed by atoms with Crippen LogP contribution in [0.1, 0.15) is 43.7 Å². The Morgan fingerprint density at radius 1 is 1.50 bits per heavy atom. The zero-order valence-corrected chi connectivity index (χ0v) is 11.9. The molecule has 0 aliphatic heterocycles. The largest absolute Gasteiger partial charge is 0.394 e. The van der Waals surface area contributed by atoms with E-state index < -0.39 is 0 Å². The summed E-state index contributed by atoms with van der Waals surface area (Å²) in [5.74, 6) is -0.258. The van der Waals surface area contributed by atoms with Gasteiger partial charge in [-0.3, -0.25) is 4.79 Å². The number of nitrogens with one attached hydrogen (secondary N) is 1. The van der Waals surface area contributed by atoms with Crippen molar-refractivity contribution in [1.29, 1.82) is 0 Å². The highest BCUT2D eigenvalue weighted by Crippen LogP contribution is 2.23. The molecule has 1 aromatic rings. The SMILES string of the molecule is C[C@H](CO)NC(=O)c1cc(Cl)nc(C(C)(C)C)c1. The Morgan fingerprint density at radius 3 is 2.61 bits per heavy atom. The fourth-order valence-corrected chi connectivity index (χ4v) is 1.57. The van der Waals surface area contributed by atoms with Crippen LogP contribution in [-0.2, 0) is 5.41 Å². The molecule has 1 heterocycles. The van der Waals surface area contributed by atoms with Crippen molar-refractivity contribution >= 4 is 17.5 Å². The average molecular weight is 271 g/mol. The van der Waals surface area contributed by atoms with Crippen LogP contribution < -0.4 is 5.32 Å². The Labute approximate surface area is 112 Å². The topological polar surface area (TPSA) is 62.2 Å². The number of carbonyl (C=O) groups is 1. The molecule has 0 saturated heterocycles. The third kappa shape index (κ3) is 3.96. The molecular weight excluding hydrogens is 252 g/mol. The van der Waals surface area contributed by atoms with Gasteiger partial charge in [0, 0.05) is 22.7 Å². The van der Waals surface area contributed by atoms with E-state index in [-0.39, 0.29) is 24.0 Å². The molecule has 0 spiro atoms. The Bertz CT molecular complexity index is 441. The molecule has 100 valence electrons. The number of aromatic nitrogens is 1. The first kappa shape index (κ1) is 14.9. The summed E-state index contributed by atoms with van der Waals surface area (Å²) in [6.45, 7) is 7.64. The van der Waals surface area contributed by atoms with Gasteiger partial charge in [-0.15, -0.1) is 0 Å². The van der Waals surface area contributed by atoms with Gasteiger partial charge in [-0.05, 0) is 19.1 Å². The van der Waals surface area contributed by atoms with Gasteiger partial charge in [0.2, 0.25) is 0 Å². The molecule has 2 N–H and O–H groups in total. The summed E-state index contributed by atoms with van der Waals surface area (Å²) >= 11 is 5.93. The van der Waals surface area contributed by atoms with Crippen molar-refractivity contribution in [3.8, 4) is 0 Å². The lowest BCUT2D eigenvalue weighted by atomic mass is 9.91. The Morgan fingerprint density at radius 2 is 2.11 bits per heavy atom. The summed E-state index contributed by atoms with van der Waals surface area (Å²) < 4.78 is 0. The van der Waals surface area contributed by atoms with E-state index in [1.807, 2.05) is 20.8 Å². The Kier molecular flexibility index (Phi) is 4.71. The minimum Gasteiger partial charge on any atom is -0.394 e. The van der Waals surface area contributed by atoms with Gasteiger partial charge < -0.3 is 10.4 Å². The van der Waals surface area contributed by atoms with Crippen molar-refractivity contribution in [1.82, 2.24) is 10.3 Å². The number of aliphatic hydroxyl groups excluding tert-OH is 1. The number of pyridine rings is 1. The van der Waals surface area contributed by atoms with Crippen molar-refractivity contribution in [2.75, 3.05) is 6.61 Å². The molecule has 0 aromatic carbocycles. The van der Waals surface area contributed by atoms with Gasteiger partial charge in [0.15, 0.2) is 0 Å². The lowest BCUT2D eigenvalue weighted by molar-refractivity contribution is 0.0922. The molecule has 1 amide bonds. The summed E-state index contributed by atoms with van der Waals surface area (Å²) in [6.07, 6.45) is 0. The van der Waals surface area contributed by atoms with Crippen molar-refractivity contribution in [2.45, 2.75) is 39.2 Å². The van der Waals surface area contributed by atoms with Gasteiger partial charge in [-0.25, -0.2) is 4.98 Å². The van der Waals surface area contributed by atoms with Gasteiger partial charge in [0.05, 0.1) is 6.61 Å². The lowest BCUT2D eigenvalue weighted by Gasteiger charge is -2.19. The van der Waals surface area contributed by atoms with E-state index in [0.717, 1.165) is 5.69 Å². The van der Waals surface area contributed by atoms with Crippen LogP contribution in [0.3, 0.4) is 0 Å². The molecule has 1 aromatic heterocycles. The number of rotatable bonds is 3. The third-order valence-corrected chi connectivity index (χ3v) is 2.67. The summed E-state index contributed by atoms with van der Waals surface area (Å²) in [7, 11) is 0. The Balaban J connectivity index is 3.03. The van der Waals surface area contributed by atoms with Crippen molar-refractivity contribution in [2.24, 2.45) is 0 Å². The highest BCUT2D eigenvalue weighted by molar-refractivity contribution is 6.29. The van der Waals surface area contributed by atoms with Gasteiger partial charge in [0.25, 0.3) is 5.91 Å².